The number of nitrogens with zero attached hydrogens (tertiary/aromatic N) is 3. The zero-order chi connectivity index (χ0) is 15.7. The van der Waals surface area contributed by atoms with Crippen molar-refractivity contribution in [3.63, 3.8) is 0 Å². The van der Waals surface area contributed by atoms with Crippen LogP contribution in [0, 0.1) is 13.5 Å². The molecule has 0 atom stereocenters. The van der Waals surface area contributed by atoms with Crippen LogP contribution in [0.25, 0.3) is 21.9 Å². The van der Waals surface area contributed by atoms with Crippen molar-refractivity contribution in [2.24, 2.45) is 0 Å². The molecule has 5 nitrogen and oxygen atoms in total. The molecule has 0 fully saturated rings. The number of aryl methyl sites for hydroxylation is 1. The molecule has 0 unspecified atom stereocenters. The van der Waals surface area contributed by atoms with Gasteiger partial charge in [0.15, 0.2) is 5.76 Å². The second-order valence-corrected chi connectivity index (χ2v) is 4.98. The summed E-state index contributed by atoms with van der Waals surface area (Å²) in [6, 6.07) is 8.58. The van der Waals surface area contributed by atoms with E-state index in [1.165, 1.54) is 10.8 Å². The van der Waals surface area contributed by atoms with E-state index in [4.69, 9.17) is 22.6 Å². The number of aromatic nitrogens is 2. The summed E-state index contributed by atoms with van der Waals surface area (Å²) < 4.78 is 6.73. The Bertz CT molecular complexity index is 951. The normalized spacial score (nSPS) is 10.4. The van der Waals surface area contributed by atoms with Gasteiger partial charge in [-0.3, -0.25) is 9.36 Å². The minimum atomic E-state index is -0.167. The molecular formula is C16H10ClN3O2. The van der Waals surface area contributed by atoms with Crippen molar-refractivity contribution in [3.8, 4) is 17.0 Å². The summed E-state index contributed by atoms with van der Waals surface area (Å²) in [6.07, 6.45) is 3.13. The van der Waals surface area contributed by atoms with E-state index in [-0.39, 0.29) is 10.9 Å². The second kappa shape index (κ2) is 5.51. The molecule has 2 heterocycles. The maximum absolute atomic E-state index is 12.3. The number of hydrogen-bond donors (Lipinski definition) is 0. The van der Waals surface area contributed by atoms with Gasteiger partial charge in [-0.2, -0.15) is 0 Å². The van der Waals surface area contributed by atoms with E-state index < -0.39 is 0 Å². The maximum atomic E-state index is 12.3. The fourth-order valence-electron chi connectivity index (χ4n) is 2.14. The Hall–Kier alpha value is -2.84. The number of oxazole rings is 1. The first-order valence-corrected chi connectivity index (χ1v) is 6.80. The highest BCUT2D eigenvalue weighted by Crippen LogP contribution is 2.30. The van der Waals surface area contributed by atoms with Crippen LogP contribution in [0.1, 0.15) is 5.56 Å². The van der Waals surface area contributed by atoms with E-state index in [0.29, 0.717) is 28.3 Å². The van der Waals surface area contributed by atoms with Gasteiger partial charge in [0.2, 0.25) is 5.69 Å². The molecule has 0 N–H and O–H groups in total. The molecular weight excluding hydrogens is 302 g/mol. The summed E-state index contributed by atoms with van der Waals surface area (Å²) in [4.78, 5) is 19.6. The Balaban J connectivity index is 2.24. The van der Waals surface area contributed by atoms with E-state index >= 15 is 0 Å². The average molecular weight is 312 g/mol. The van der Waals surface area contributed by atoms with Crippen molar-refractivity contribution in [2.45, 2.75) is 6.92 Å². The van der Waals surface area contributed by atoms with E-state index in [0.717, 1.165) is 0 Å². The molecule has 108 valence electrons. The molecule has 0 amide bonds. The molecule has 0 aliphatic carbocycles. The fourth-order valence-corrected chi connectivity index (χ4v) is 2.27. The van der Waals surface area contributed by atoms with E-state index in [1.807, 2.05) is 0 Å². The van der Waals surface area contributed by atoms with Crippen molar-refractivity contribution >= 4 is 17.3 Å². The zero-order valence-corrected chi connectivity index (χ0v) is 12.3. The summed E-state index contributed by atoms with van der Waals surface area (Å²) in [5, 5.41) is 0.0403. The predicted molar refractivity (Wildman–Crippen MR) is 83.5 cm³/mol. The summed E-state index contributed by atoms with van der Waals surface area (Å²) in [5.41, 5.74) is 2.00. The predicted octanol–water partition coefficient (Wildman–Crippen LogP) is 4.01. The van der Waals surface area contributed by atoms with Crippen LogP contribution in [-0.4, -0.2) is 9.55 Å². The van der Waals surface area contributed by atoms with Gasteiger partial charge >= 0.3 is 0 Å². The van der Waals surface area contributed by atoms with Crippen molar-refractivity contribution in [1.29, 1.82) is 0 Å². The van der Waals surface area contributed by atoms with Gasteiger partial charge in [-0.05, 0) is 30.7 Å². The van der Waals surface area contributed by atoms with Crippen molar-refractivity contribution in [2.75, 3.05) is 0 Å². The largest absolute Gasteiger partial charge is 0.428 e. The Morgan fingerprint density at radius 1 is 1.36 bits per heavy atom. The highest BCUT2D eigenvalue weighted by atomic mass is 35.5. The van der Waals surface area contributed by atoms with Crippen molar-refractivity contribution in [3.05, 3.63) is 75.4 Å². The number of halogens is 1. The first-order chi connectivity index (χ1) is 10.6. The topological polar surface area (TPSA) is 52.4 Å². The van der Waals surface area contributed by atoms with Gasteiger partial charge in [-0.1, -0.05) is 18.2 Å². The SMILES string of the molecule is [C-]#[N+]c1ccc(-c2cnc(Cl)o2)cc1-n1cccc(C)c1=O. The molecule has 3 aromatic rings. The van der Waals surface area contributed by atoms with Crippen LogP contribution in [0.3, 0.4) is 0 Å². The smallest absolute Gasteiger partial charge is 0.292 e. The van der Waals surface area contributed by atoms with E-state index in [1.54, 1.807) is 43.5 Å². The molecule has 0 saturated heterocycles. The molecule has 0 bridgehead atoms. The Kier molecular flexibility index (Phi) is 3.53. The fraction of sp³-hybridized carbons (Fsp3) is 0.0625. The lowest BCUT2D eigenvalue weighted by atomic mass is 10.1. The third-order valence-electron chi connectivity index (χ3n) is 3.25. The molecule has 0 aliphatic heterocycles. The van der Waals surface area contributed by atoms with Gasteiger partial charge in [-0.25, -0.2) is 9.83 Å². The average Bonchev–Trinajstić information content (AvgIpc) is 2.96. The van der Waals surface area contributed by atoms with E-state index in [2.05, 4.69) is 9.83 Å². The quantitative estimate of drug-likeness (QED) is 0.672. The standard InChI is InChI=1S/C16H10ClN3O2/c1-10-4-3-7-20(15(10)21)13-8-11(5-6-12(13)18-2)14-9-19-16(17)22-14/h3-9H,1H3. The first-order valence-electron chi connectivity index (χ1n) is 6.42. The lowest BCUT2D eigenvalue weighted by molar-refractivity contribution is 0.574. The Morgan fingerprint density at radius 3 is 2.86 bits per heavy atom. The third-order valence-corrected chi connectivity index (χ3v) is 3.43. The lowest BCUT2D eigenvalue weighted by Gasteiger charge is -2.10. The molecule has 0 saturated carbocycles. The van der Waals surface area contributed by atoms with E-state index in [9.17, 15) is 4.79 Å². The summed E-state index contributed by atoms with van der Waals surface area (Å²) in [7, 11) is 0. The molecule has 2 aromatic heterocycles. The van der Waals surface area contributed by atoms with Crippen LogP contribution < -0.4 is 5.56 Å². The van der Waals surface area contributed by atoms with Crippen LogP contribution >= 0.6 is 11.6 Å². The summed E-state index contributed by atoms with van der Waals surface area (Å²) in [6.45, 7) is 9.02. The van der Waals surface area contributed by atoms with Crippen LogP contribution in [0.5, 0.6) is 0 Å². The van der Waals surface area contributed by atoms with Crippen LogP contribution in [0.15, 0.2) is 51.9 Å². The summed E-state index contributed by atoms with van der Waals surface area (Å²) in [5.74, 6) is 0.475. The molecule has 0 spiro atoms. The molecule has 6 heteroatoms. The van der Waals surface area contributed by atoms with Crippen LogP contribution in [0.2, 0.25) is 5.35 Å². The molecule has 1 aromatic carbocycles. The van der Waals surface area contributed by atoms with Gasteiger partial charge in [-0.15, -0.1) is 0 Å². The third kappa shape index (κ3) is 2.41. The Labute approximate surface area is 131 Å². The summed E-state index contributed by atoms with van der Waals surface area (Å²) >= 11 is 5.69. The number of benzene rings is 1. The highest BCUT2D eigenvalue weighted by Gasteiger charge is 2.12. The van der Waals surface area contributed by atoms with Crippen molar-refractivity contribution < 1.29 is 4.42 Å². The number of pyridine rings is 1. The molecule has 3 rings (SSSR count). The highest BCUT2D eigenvalue weighted by molar-refractivity contribution is 6.27. The van der Waals surface area contributed by atoms with Gasteiger partial charge < -0.3 is 4.42 Å². The molecule has 0 aliphatic rings. The Morgan fingerprint density at radius 2 is 2.18 bits per heavy atom. The van der Waals surface area contributed by atoms with Crippen LogP contribution in [0.4, 0.5) is 5.69 Å². The first kappa shape index (κ1) is 14.1. The minimum absolute atomic E-state index is 0.0403. The zero-order valence-electron chi connectivity index (χ0n) is 11.6. The van der Waals surface area contributed by atoms with Gasteiger partial charge in [0.05, 0.1) is 18.5 Å². The van der Waals surface area contributed by atoms with Gasteiger partial charge in [0.25, 0.3) is 10.9 Å². The van der Waals surface area contributed by atoms with Gasteiger partial charge in [0, 0.05) is 17.3 Å². The molecule has 0 radical (unpaired) electrons. The van der Waals surface area contributed by atoms with Crippen molar-refractivity contribution in [1.82, 2.24) is 9.55 Å². The minimum Gasteiger partial charge on any atom is -0.428 e. The second-order valence-electron chi connectivity index (χ2n) is 4.66. The molecule has 22 heavy (non-hydrogen) atoms. The monoisotopic (exact) mass is 311 g/mol. The number of hydrogen-bond acceptors (Lipinski definition) is 3. The maximum Gasteiger partial charge on any atom is 0.292 e. The number of rotatable bonds is 2. The van der Waals surface area contributed by atoms with Gasteiger partial charge in [0.1, 0.15) is 0 Å². The van der Waals surface area contributed by atoms with Crippen LogP contribution in [-0.2, 0) is 0 Å². The lowest BCUT2D eigenvalue weighted by Crippen LogP contribution is -2.19.